The van der Waals surface area contributed by atoms with Crippen molar-refractivity contribution >= 4 is 28.4 Å². The molecule has 0 aliphatic rings. The number of hydrogen-bond donors (Lipinski definition) is 1. The molecule has 2 aromatic heterocycles. The van der Waals surface area contributed by atoms with Gasteiger partial charge in [-0.1, -0.05) is 23.7 Å². The van der Waals surface area contributed by atoms with E-state index in [1.165, 1.54) is 0 Å². The maximum Gasteiger partial charge on any atom is 0.141 e. The Balaban J connectivity index is 1.77. The Kier molecular flexibility index (Phi) is 3.52. The normalized spacial score (nSPS) is 10.8. The number of carbonyl (C=O) groups excluding carboxylic acids is 1. The van der Waals surface area contributed by atoms with Crippen LogP contribution in [0.25, 0.3) is 11.0 Å². The maximum atomic E-state index is 12.2. The Labute approximate surface area is 121 Å². The number of nitrogens with one attached hydrogen (secondary N) is 1. The molecule has 20 heavy (non-hydrogen) atoms. The molecule has 1 aromatic carbocycles. The summed E-state index contributed by atoms with van der Waals surface area (Å²) in [6.45, 7) is 0. The Morgan fingerprint density at radius 2 is 2.10 bits per heavy atom. The molecule has 3 nitrogen and oxygen atoms in total. The predicted molar refractivity (Wildman–Crippen MR) is 80.0 cm³/mol. The molecule has 2 heterocycles. The molecule has 0 bridgehead atoms. The van der Waals surface area contributed by atoms with E-state index in [9.17, 15) is 4.79 Å². The molecule has 0 saturated carbocycles. The van der Waals surface area contributed by atoms with E-state index in [-0.39, 0.29) is 5.78 Å². The average molecular weight is 285 g/mol. The van der Waals surface area contributed by atoms with Crippen LogP contribution in [-0.2, 0) is 17.6 Å². The summed E-state index contributed by atoms with van der Waals surface area (Å²) in [4.78, 5) is 19.5. The molecule has 0 radical (unpaired) electrons. The summed E-state index contributed by atoms with van der Waals surface area (Å²) in [5.74, 6) is 0.168. The first-order valence-corrected chi connectivity index (χ1v) is 6.77. The molecule has 0 fully saturated rings. The SMILES string of the molecule is O=C(Cc1cccc(Cl)c1)Cc1ccnc2[nH]ccc12. The van der Waals surface area contributed by atoms with Gasteiger partial charge in [0.2, 0.25) is 0 Å². The highest BCUT2D eigenvalue weighted by molar-refractivity contribution is 6.30. The lowest BCUT2D eigenvalue weighted by Crippen LogP contribution is -2.07. The fraction of sp³-hybridized carbons (Fsp3) is 0.125. The number of halogens is 1. The van der Waals surface area contributed by atoms with Gasteiger partial charge in [-0.3, -0.25) is 4.79 Å². The lowest BCUT2D eigenvalue weighted by Gasteiger charge is -2.04. The standard InChI is InChI=1S/C16H13ClN2O/c17-13-3-1-2-11(8-13)9-14(20)10-12-4-6-18-16-15(12)5-7-19-16/h1-8H,9-10H2,(H,18,19). The second kappa shape index (κ2) is 5.47. The number of ketones is 1. The summed E-state index contributed by atoms with van der Waals surface area (Å²) in [6.07, 6.45) is 4.36. The van der Waals surface area contributed by atoms with Gasteiger partial charge in [0.25, 0.3) is 0 Å². The van der Waals surface area contributed by atoms with E-state index in [2.05, 4.69) is 9.97 Å². The van der Waals surface area contributed by atoms with Gasteiger partial charge in [-0.2, -0.15) is 0 Å². The van der Waals surface area contributed by atoms with Gasteiger partial charge >= 0.3 is 0 Å². The topological polar surface area (TPSA) is 45.8 Å². The molecule has 0 unspecified atom stereocenters. The number of benzene rings is 1. The molecular weight excluding hydrogens is 272 g/mol. The quantitative estimate of drug-likeness (QED) is 0.796. The highest BCUT2D eigenvalue weighted by atomic mass is 35.5. The van der Waals surface area contributed by atoms with Crippen LogP contribution in [0.1, 0.15) is 11.1 Å². The highest BCUT2D eigenvalue weighted by Gasteiger charge is 2.09. The largest absolute Gasteiger partial charge is 0.346 e. The van der Waals surface area contributed by atoms with E-state index < -0.39 is 0 Å². The molecule has 0 spiro atoms. The van der Waals surface area contributed by atoms with E-state index in [4.69, 9.17) is 11.6 Å². The Hall–Kier alpha value is -2.13. The minimum absolute atomic E-state index is 0.168. The molecule has 0 amide bonds. The molecule has 0 aliphatic carbocycles. The number of aromatic amines is 1. The first-order chi connectivity index (χ1) is 9.72. The third kappa shape index (κ3) is 2.73. The van der Waals surface area contributed by atoms with Crippen LogP contribution in [0.15, 0.2) is 48.8 Å². The highest BCUT2D eigenvalue weighted by Crippen LogP contribution is 2.17. The molecule has 0 aliphatic heterocycles. The third-order valence-electron chi connectivity index (χ3n) is 3.23. The second-order valence-corrected chi connectivity index (χ2v) is 5.17. The van der Waals surface area contributed by atoms with Crippen molar-refractivity contribution in [1.82, 2.24) is 9.97 Å². The summed E-state index contributed by atoms with van der Waals surface area (Å²) in [6, 6.07) is 11.3. The minimum atomic E-state index is 0.168. The van der Waals surface area contributed by atoms with Crippen molar-refractivity contribution < 1.29 is 4.79 Å². The molecule has 3 aromatic rings. The van der Waals surface area contributed by atoms with Gasteiger partial charge < -0.3 is 4.98 Å². The summed E-state index contributed by atoms with van der Waals surface area (Å²) in [5, 5.41) is 1.67. The van der Waals surface area contributed by atoms with Crippen molar-refractivity contribution in [3.05, 3.63) is 64.9 Å². The van der Waals surface area contributed by atoms with Crippen LogP contribution < -0.4 is 0 Å². The maximum absolute atomic E-state index is 12.2. The number of pyridine rings is 1. The van der Waals surface area contributed by atoms with Crippen LogP contribution in [0.3, 0.4) is 0 Å². The Morgan fingerprint density at radius 3 is 2.95 bits per heavy atom. The summed E-state index contributed by atoms with van der Waals surface area (Å²) in [5.41, 5.74) is 2.77. The number of H-pyrrole nitrogens is 1. The monoisotopic (exact) mass is 284 g/mol. The first kappa shape index (κ1) is 12.9. The van der Waals surface area contributed by atoms with E-state index in [0.717, 1.165) is 22.2 Å². The van der Waals surface area contributed by atoms with E-state index in [1.807, 2.05) is 42.6 Å². The van der Waals surface area contributed by atoms with Gasteiger partial charge in [0, 0.05) is 35.6 Å². The van der Waals surface area contributed by atoms with Crippen LogP contribution in [0.2, 0.25) is 5.02 Å². The van der Waals surface area contributed by atoms with Crippen LogP contribution in [-0.4, -0.2) is 15.8 Å². The molecule has 0 saturated heterocycles. The van der Waals surface area contributed by atoms with Crippen molar-refractivity contribution in [1.29, 1.82) is 0 Å². The zero-order valence-electron chi connectivity index (χ0n) is 10.8. The summed E-state index contributed by atoms with van der Waals surface area (Å²) >= 11 is 5.93. The average Bonchev–Trinajstić information content (AvgIpc) is 2.88. The van der Waals surface area contributed by atoms with Crippen molar-refractivity contribution in [2.75, 3.05) is 0 Å². The fourth-order valence-electron chi connectivity index (χ4n) is 2.32. The molecule has 3 rings (SSSR count). The van der Waals surface area contributed by atoms with Crippen molar-refractivity contribution in [3.8, 4) is 0 Å². The number of carbonyl (C=O) groups is 1. The van der Waals surface area contributed by atoms with E-state index in [0.29, 0.717) is 17.9 Å². The zero-order valence-corrected chi connectivity index (χ0v) is 11.5. The number of aromatic nitrogens is 2. The van der Waals surface area contributed by atoms with Crippen molar-refractivity contribution in [3.63, 3.8) is 0 Å². The summed E-state index contributed by atoms with van der Waals surface area (Å²) < 4.78 is 0. The Bertz CT molecular complexity index is 764. The number of Topliss-reactive ketones (excluding diaryl/α,β-unsaturated/α-hetero) is 1. The van der Waals surface area contributed by atoms with Gasteiger partial charge in [0.05, 0.1) is 0 Å². The Morgan fingerprint density at radius 1 is 1.20 bits per heavy atom. The fourth-order valence-corrected chi connectivity index (χ4v) is 2.53. The molecule has 1 N–H and O–H groups in total. The number of rotatable bonds is 4. The molecule has 4 heteroatoms. The van der Waals surface area contributed by atoms with Gasteiger partial charge in [0.15, 0.2) is 0 Å². The van der Waals surface area contributed by atoms with Crippen LogP contribution in [0, 0.1) is 0 Å². The van der Waals surface area contributed by atoms with E-state index >= 15 is 0 Å². The van der Waals surface area contributed by atoms with Gasteiger partial charge in [-0.25, -0.2) is 4.98 Å². The molecule has 100 valence electrons. The molecular formula is C16H13ClN2O. The number of hydrogen-bond acceptors (Lipinski definition) is 2. The summed E-state index contributed by atoms with van der Waals surface area (Å²) in [7, 11) is 0. The molecule has 0 atom stereocenters. The number of nitrogens with zero attached hydrogens (tertiary/aromatic N) is 1. The first-order valence-electron chi connectivity index (χ1n) is 6.39. The van der Waals surface area contributed by atoms with Crippen LogP contribution in [0.5, 0.6) is 0 Å². The smallest absolute Gasteiger partial charge is 0.141 e. The van der Waals surface area contributed by atoms with Gasteiger partial charge in [0.1, 0.15) is 11.4 Å². The second-order valence-electron chi connectivity index (χ2n) is 4.73. The van der Waals surface area contributed by atoms with Crippen molar-refractivity contribution in [2.24, 2.45) is 0 Å². The zero-order chi connectivity index (χ0) is 13.9. The third-order valence-corrected chi connectivity index (χ3v) is 3.46. The van der Waals surface area contributed by atoms with Crippen LogP contribution >= 0.6 is 11.6 Å². The van der Waals surface area contributed by atoms with Gasteiger partial charge in [-0.15, -0.1) is 0 Å². The lowest BCUT2D eigenvalue weighted by atomic mass is 10.0. The van der Waals surface area contributed by atoms with Gasteiger partial charge in [-0.05, 0) is 35.4 Å². The van der Waals surface area contributed by atoms with Crippen molar-refractivity contribution in [2.45, 2.75) is 12.8 Å². The number of fused-ring (bicyclic) bond motifs is 1. The lowest BCUT2D eigenvalue weighted by molar-refractivity contribution is -0.117. The van der Waals surface area contributed by atoms with Crippen LogP contribution in [0.4, 0.5) is 0 Å². The minimum Gasteiger partial charge on any atom is -0.346 e. The van der Waals surface area contributed by atoms with E-state index in [1.54, 1.807) is 6.20 Å². The predicted octanol–water partition coefficient (Wildman–Crippen LogP) is 3.57.